The molecule has 1 aromatic heterocycles. The van der Waals surface area contributed by atoms with E-state index in [-0.39, 0.29) is 5.97 Å². The average Bonchev–Trinajstić information content (AvgIpc) is 2.81. The molecule has 0 radical (unpaired) electrons. The van der Waals surface area contributed by atoms with Gasteiger partial charge in [-0.25, -0.2) is 9.78 Å². The minimum Gasteiger partial charge on any atom is -0.461 e. The highest BCUT2D eigenvalue weighted by Crippen LogP contribution is 2.27. The van der Waals surface area contributed by atoms with Crippen LogP contribution in [0.4, 0.5) is 5.13 Å². The van der Waals surface area contributed by atoms with Gasteiger partial charge in [-0.15, -0.1) is 11.3 Å². The molecule has 1 aliphatic rings. The van der Waals surface area contributed by atoms with Crippen LogP contribution in [0.25, 0.3) is 0 Å². The number of hydrogen-bond acceptors (Lipinski definition) is 5. The molecule has 5 heteroatoms. The van der Waals surface area contributed by atoms with Crippen LogP contribution in [0.5, 0.6) is 0 Å². The van der Waals surface area contributed by atoms with Crippen LogP contribution in [0.3, 0.4) is 0 Å². The molecule has 112 valence electrons. The number of nitrogens with one attached hydrogen (secondary N) is 1. The largest absolute Gasteiger partial charge is 0.461 e. The van der Waals surface area contributed by atoms with E-state index in [0.29, 0.717) is 12.3 Å². The molecule has 1 aromatic rings. The maximum absolute atomic E-state index is 11.7. The SMILES string of the molecule is CCOC(=O)c1nc(NCCC2CCCCC2)sc1C. The van der Waals surface area contributed by atoms with Crippen LogP contribution in [-0.2, 0) is 4.74 Å². The second kappa shape index (κ2) is 7.62. The molecule has 0 amide bonds. The van der Waals surface area contributed by atoms with Crippen molar-refractivity contribution in [1.82, 2.24) is 4.98 Å². The lowest BCUT2D eigenvalue weighted by atomic mass is 9.87. The Balaban J connectivity index is 1.81. The van der Waals surface area contributed by atoms with E-state index in [1.54, 1.807) is 0 Å². The van der Waals surface area contributed by atoms with Crippen LogP contribution >= 0.6 is 11.3 Å². The van der Waals surface area contributed by atoms with Gasteiger partial charge in [-0.05, 0) is 26.2 Å². The fraction of sp³-hybridized carbons (Fsp3) is 0.733. The number of aryl methyl sites for hydroxylation is 1. The van der Waals surface area contributed by atoms with Crippen LogP contribution in [0.15, 0.2) is 0 Å². The van der Waals surface area contributed by atoms with Crippen molar-refractivity contribution >= 4 is 22.4 Å². The third-order valence-corrected chi connectivity index (χ3v) is 4.75. The molecule has 0 bridgehead atoms. The van der Waals surface area contributed by atoms with Crippen molar-refractivity contribution in [3.8, 4) is 0 Å². The first-order valence-electron chi connectivity index (χ1n) is 7.59. The number of carbonyl (C=O) groups is 1. The Morgan fingerprint density at radius 1 is 1.40 bits per heavy atom. The van der Waals surface area contributed by atoms with Gasteiger partial charge in [0.15, 0.2) is 10.8 Å². The molecule has 1 saturated carbocycles. The van der Waals surface area contributed by atoms with Gasteiger partial charge in [-0.3, -0.25) is 0 Å². The van der Waals surface area contributed by atoms with Gasteiger partial charge < -0.3 is 10.1 Å². The summed E-state index contributed by atoms with van der Waals surface area (Å²) in [6.45, 7) is 5.05. The highest BCUT2D eigenvalue weighted by molar-refractivity contribution is 7.15. The van der Waals surface area contributed by atoms with Gasteiger partial charge in [-0.1, -0.05) is 32.1 Å². The van der Waals surface area contributed by atoms with E-state index in [2.05, 4.69) is 10.3 Å². The molecule has 0 saturated heterocycles. The molecule has 0 aliphatic heterocycles. The quantitative estimate of drug-likeness (QED) is 0.806. The van der Waals surface area contributed by atoms with Gasteiger partial charge >= 0.3 is 5.97 Å². The Bertz CT molecular complexity index is 439. The minimum atomic E-state index is -0.318. The monoisotopic (exact) mass is 296 g/mol. The highest BCUT2D eigenvalue weighted by atomic mass is 32.1. The lowest BCUT2D eigenvalue weighted by Crippen LogP contribution is -2.12. The molecule has 0 atom stereocenters. The van der Waals surface area contributed by atoms with Crippen LogP contribution in [0.2, 0.25) is 0 Å². The van der Waals surface area contributed by atoms with E-state index >= 15 is 0 Å². The molecule has 2 rings (SSSR count). The lowest BCUT2D eigenvalue weighted by Gasteiger charge is -2.21. The Kier molecular flexibility index (Phi) is 5.83. The number of rotatable bonds is 6. The molecule has 20 heavy (non-hydrogen) atoms. The van der Waals surface area contributed by atoms with Crippen molar-refractivity contribution in [3.05, 3.63) is 10.6 Å². The fourth-order valence-corrected chi connectivity index (χ4v) is 3.55. The van der Waals surface area contributed by atoms with Crippen molar-refractivity contribution < 1.29 is 9.53 Å². The molecular formula is C15H24N2O2S. The Hall–Kier alpha value is -1.10. The number of carbonyl (C=O) groups excluding carboxylic acids is 1. The van der Waals surface area contributed by atoms with Crippen LogP contribution in [0.1, 0.15) is 60.8 Å². The summed E-state index contributed by atoms with van der Waals surface area (Å²) in [4.78, 5) is 17.0. The summed E-state index contributed by atoms with van der Waals surface area (Å²) in [6, 6.07) is 0. The van der Waals surface area contributed by atoms with Gasteiger partial charge in [0.1, 0.15) is 0 Å². The summed E-state index contributed by atoms with van der Waals surface area (Å²) in [5, 5.41) is 4.18. The molecule has 4 nitrogen and oxygen atoms in total. The second-order valence-corrected chi connectivity index (χ2v) is 6.57. The summed E-state index contributed by atoms with van der Waals surface area (Å²) in [5.74, 6) is 0.545. The molecule has 1 aliphatic carbocycles. The van der Waals surface area contributed by atoms with Crippen molar-refractivity contribution in [2.45, 2.75) is 52.4 Å². The van der Waals surface area contributed by atoms with Gasteiger partial charge in [0.2, 0.25) is 0 Å². The molecule has 0 unspecified atom stereocenters. The first-order valence-corrected chi connectivity index (χ1v) is 8.40. The van der Waals surface area contributed by atoms with E-state index in [9.17, 15) is 4.79 Å². The Labute approximate surface area is 124 Å². The van der Waals surface area contributed by atoms with Gasteiger partial charge in [0, 0.05) is 11.4 Å². The molecule has 1 fully saturated rings. The van der Waals surface area contributed by atoms with E-state index < -0.39 is 0 Å². The van der Waals surface area contributed by atoms with Crippen molar-refractivity contribution in [1.29, 1.82) is 0 Å². The Morgan fingerprint density at radius 2 is 2.15 bits per heavy atom. The average molecular weight is 296 g/mol. The van der Waals surface area contributed by atoms with Crippen molar-refractivity contribution in [2.24, 2.45) is 5.92 Å². The fourth-order valence-electron chi connectivity index (χ4n) is 2.72. The predicted molar refractivity (Wildman–Crippen MR) is 82.5 cm³/mol. The number of nitrogens with zero attached hydrogens (tertiary/aromatic N) is 1. The molecule has 0 aromatic carbocycles. The standard InChI is InChI=1S/C15H24N2O2S/c1-3-19-14(18)13-11(2)20-15(17-13)16-10-9-12-7-5-4-6-8-12/h12H,3-10H2,1-2H3,(H,16,17). The lowest BCUT2D eigenvalue weighted by molar-refractivity contribution is 0.0519. The van der Waals surface area contributed by atoms with Gasteiger partial charge in [-0.2, -0.15) is 0 Å². The smallest absolute Gasteiger partial charge is 0.358 e. The van der Waals surface area contributed by atoms with Crippen molar-refractivity contribution in [2.75, 3.05) is 18.5 Å². The van der Waals surface area contributed by atoms with Crippen LogP contribution in [-0.4, -0.2) is 24.1 Å². The molecule has 1 heterocycles. The Morgan fingerprint density at radius 3 is 2.85 bits per heavy atom. The first-order chi connectivity index (χ1) is 9.70. The number of ether oxygens (including phenoxy) is 1. The third kappa shape index (κ3) is 4.20. The third-order valence-electron chi connectivity index (χ3n) is 3.82. The number of aromatic nitrogens is 1. The van der Waals surface area contributed by atoms with Gasteiger partial charge in [0.25, 0.3) is 0 Å². The number of anilines is 1. The van der Waals surface area contributed by atoms with Crippen molar-refractivity contribution in [3.63, 3.8) is 0 Å². The summed E-state index contributed by atoms with van der Waals surface area (Å²) in [6.07, 6.45) is 8.10. The topological polar surface area (TPSA) is 51.2 Å². The zero-order valence-electron chi connectivity index (χ0n) is 12.4. The van der Waals surface area contributed by atoms with E-state index in [0.717, 1.165) is 22.5 Å². The highest BCUT2D eigenvalue weighted by Gasteiger charge is 2.17. The molecule has 1 N–H and O–H groups in total. The minimum absolute atomic E-state index is 0.318. The molecular weight excluding hydrogens is 272 g/mol. The van der Waals surface area contributed by atoms with E-state index in [1.807, 2.05) is 13.8 Å². The summed E-state index contributed by atoms with van der Waals surface area (Å²) in [5.41, 5.74) is 0.456. The zero-order valence-corrected chi connectivity index (χ0v) is 13.2. The van der Waals surface area contributed by atoms with Crippen LogP contribution in [0, 0.1) is 12.8 Å². The second-order valence-electron chi connectivity index (χ2n) is 5.36. The summed E-state index contributed by atoms with van der Waals surface area (Å²) in [7, 11) is 0. The summed E-state index contributed by atoms with van der Waals surface area (Å²) < 4.78 is 5.00. The van der Waals surface area contributed by atoms with E-state index in [1.165, 1.54) is 49.9 Å². The number of thiazole rings is 1. The van der Waals surface area contributed by atoms with E-state index in [4.69, 9.17) is 4.74 Å². The maximum atomic E-state index is 11.7. The maximum Gasteiger partial charge on any atom is 0.358 e. The zero-order chi connectivity index (χ0) is 14.4. The number of hydrogen-bond donors (Lipinski definition) is 1. The normalized spacial score (nSPS) is 16.1. The predicted octanol–water partition coefficient (Wildman–Crippen LogP) is 4.01. The summed E-state index contributed by atoms with van der Waals surface area (Å²) >= 11 is 1.53. The first kappa shape index (κ1) is 15.3. The van der Waals surface area contributed by atoms with Crippen LogP contribution < -0.4 is 5.32 Å². The number of esters is 1. The van der Waals surface area contributed by atoms with Gasteiger partial charge in [0.05, 0.1) is 6.61 Å². The molecule has 0 spiro atoms.